The molecule has 0 unspecified atom stereocenters. The third-order valence-electron chi connectivity index (χ3n) is 5.60. The van der Waals surface area contributed by atoms with E-state index in [2.05, 4.69) is 35.9 Å². The number of hydrogen-bond acceptors (Lipinski definition) is 10. The number of carbonyl (C=O) groups excluding carboxylic acids is 1. The highest BCUT2D eigenvalue weighted by Gasteiger charge is 2.31. The number of H-pyrrole nitrogens is 1. The predicted octanol–water partition coefficient (Wildman–Crippen LogP) is 3.05. The first-order valence-corrected chi connectivity index (χ1v) is 12.5. The summed E-state index contributed by atoms with van der Waals surface area (Å²) in [6, 6.07) is 14.0. The molecule has 3 N–H and O–H groups in total. The molecule has 1 aliphatic rings. The third kappa shape index (κ3) is 5.25. The number of carbonyl (C=O) groups is 1. The number of tetrazole rings is 1. The average molecular weight is 519 g/mol. The third-order valence-corrected chi connectivity index (χ3v) is 6.98. The van der Waals surface area contributed by atoms with Gasteiger partial charge in [-0.25, -0.2) is 9.97 Å². The van der Waals surface area contributed by atoms with Crippen molar-refractivity contribution >= 4 is 57.0 Å². The number of aromatic amines is 1. The van der Waals surface area contributed by atoms with Crippen LogP contribution in [0.15, 0.2) is 53.7 Å². The lowest BCUT2D eigenvalue weighted by atomic mass is 10.0. The molecule has 0 bridgehead atoms. The summed E-state index contributed by atoms with van der Waals surface area (Å²) in [7, 11) is 0. The molecule has 1 saturated heterocycles. The normalized spacial score (nSPS) is 14.8. The van der Waals surface area contributed by atoms with E-state index in [1.165, 1.54) is 18.1 Å². The number of aliphatic hydroxyl groups excluding tert-OH is 1. The number of benzene rings is 2. The van der Waals surface area contributed by atoms with Gasteiger partial charge in [-0.3, -0.25) is 9.69 Å². The maximum absolute atomic E-state index is 13.0. The first-order valence-electron chi connectivity index (χ1n) is 11.3. The van der Waals surface area contributed by atoms with Gasteiger partial charge in [0.2, 0.25) is 0 Å². The molecule has 1 aliphatic heterocycles. The Kier molecular flexibility index (Phi) is 7.26. The van der Waals surface area contributed by atoms with Crippen molar-refractivity contribution in [1.29, 1.82) is 0 Å². The largest absolute Gasteiger partial charge is 0.395 e. The summed E-state index contributed by atoms with van der Waals surface area (Å²) in [6.45, 7) is 0.918. The van der Waals surface area contributed by atoms with Gasteiger partial charge in [-0.1, -0.05) is 53.5 Å². The summed E-state index contributed by atoms with van der Waals surface area (Å²) in [5.41, 5.74) is 3.71. The standard InChI is InChI=1S/C24H22N8O2S2/c33-10-8-25-22-18-13-17(6-7-19(18)26-14-27-22)16-4-1-3-15(11-16)12-20-23(34)32(24(35)36-20)9-2-5-21-28-30-31-29-21/h1,3-4,6-7,11-14,33H,2,5,8-10H2,(H,25,26,27)(H,28,29,30,31). The number of nitrogens with one attached hydrogen (secondary N) is 2. The Morgan fingerprint density at radius 3 is 2.89 bits per heavy atom. The minimum Gasteiger partial charge on any atom is -0.395 e. The smallest absolute Gasteiger partial charge is 0.266 e. The summed E-state index contributed by atoms with van der Waals surface area (Å²) in [5, 5.41) is 27.0. The maximum Gasteiger partial charge on any atom is 0.266 e. The van der Waals surface area contributed by atoms with E-state index in [0.717, 1.165) is 27.6 Å². The Morgan fingerprint density at radius 1 is 1.17 bits per heavy atom. The van der Waals surface area contributed by atoms with Crippen LogP contribution < -0.4 is 5.32 Å². The molecule has 1 fully saturated rings. The molecule has 2 aromatic carbocycles. The second kappa shape index (κ2) is 10.9. The van der Waals surface area contributed by atoms with Gasteiger partial charge in [0.15, 0.2) is 5.82 Å². The van der Waals surface area contributed by atoms with Gasteiger partial charge in [-0.05, 0) is 47.4 Å². The summed E-state index contributed by atoms with van der Waals surface area (Å²) in [4.78, 5) is 23.9. The van der Waals surface area contributed by atoms with E-state index in [1.54, 1.807) is 4.90 Å². The number of aromatic nitrogens is 6. The number of aryl methyl sites for hydroxylation is 1. The molecule has 2 aromatic heterocycles. The van der Waals surface area contributed by atoms with Crippen molar-refractivity contribution < 1.29 is 9.90 Å². The molecule has 3 heterocycles. The molecular formula is C24H22N8O2S2. The van der Waals surface area contributed by atoms with Crippen LogP contribution in [-0.2, 0) is 11.2 Å². The molecule has 0 saturated carbocycles. The molecule has 12 heteroatoms. The van der Waals surface area contributed by atoms with Crippen molar-refractivity contribution in [3.8, 4) is 11.1 Å². The van der Waals surface area contributed by atoms with Gasteiger partial charge in [0.1, 0.15) is 16.5 Å². The molecule has 182 valence electrons. The Bertz CT molecular complexity index is 1440. The van der Waals surface area contributed by atoms with Gasteiger partial charge in [-0.2, -0.15) is 5.21 Å². The van der Waals surface area contributed by atoms with Crippen molar-refractivity contribution in [2.24, 2.45) is 0 Å². The average Bonchev–Trinajstić information content (AvgIpc) is 3.51. The molecule has 1 amide bonds. The number of thioether (sulfide) groups is 1. The Morgan fingerprint density at radius 2 is 2.06 bits per heavy atom. The Labute approximate surface area is 216 Å². The van der Waals surface area contributed by atoms with Crippen LogP contribution in [0.4, 0.5) is 5.82 Å². The second-order valence-corrected chi connectivity index (χ2v) is 9.67. The van der Waals surface area contributed by atoms with Crippen molar-refractivity contribution in [2.45, 2.75) is 12.8 Å². The first kappa shape index (κ1) is 24.0. The highest BCUT2D eigenvalue weighted by atomic mass is 32.2. The molecule has 0 radical (unpaired) electrons. The predicted molar refractivity (Wildman–Crippen MR) is 143 cm³/mol. The molecule has 36 heavy (non-hydrogen) atoms. The summed E-state index contributed by atoms with van der Waals surface area (Å²) in [5.74, 6) is 1.20. The van der Waals surface area contributed by atoms with Gasteiger partial charge in [-0.15, -0.1) is 10.2 Å². The van der Waals surface area contributed by atoms with Crippen molar-refractivity contribution in [2.75, 3.05) is 25.0 Å². The monoisotopic (exact) mass is 518 g/mol. The fourth-order valence-electron chi connectivity index (χ4n) is 3.89. The highest BCUT2D eigenvalue weighted by Crippen LogP contribution is 2.34. The number of aliphatic hydroxyl groups is 1. The topological polar surface area (TPSA) is 133 Å². The summed E-state index contributed by atoms with van der Waals surface area (Å²) >= 11 is 6.77. The minimum atomic E-state index is -0.0917. The fraction of sp³-hybridized carbons (Fsp3) is 0.208. The van der Waals surface area contributed by atoms with Gasteiger partial charge in [0.05, 0.1) is 17.0 Å². The van der Waals surface area contributed by atoms with E-state index in [4.69, 9.17) is 17.3 Å². The lowest BCUT2D eigenvalue weighted by Gasteiger charge is -2.13. The highest BCUT2D eigenvalue weighted by molar-refractivity contribution is 8.26. The van der Waals surface area contributed by atoms with Crippen LogP contribution in [-0.4, -0.2) is 70.5 Å². The van der Waals surface area contributed by atoms with E-state index in [0.29, 0.717) is 46.8 Å². The fourth-order valence-corrected chi connectivity index (χ4v) is 5.20. The van der Waals surface area contributed by atoms with Crippen molar-refractivity contribution in [3.63, 3.8) is 0 Å². The molecule has 0 atom stereocenters. The number of amides is 1. The number of hydrogen-bond donors (Lipinski definition) is 3. The van der Waals surface area contributed by atoms with Crippen LogP contribution in [0.1, 0.15) is 17.8 Å². The van der Waals surface area contributed by atoms with E-state index in [1.807, 2.05) is 48.5 Å². The van der Waals surface area contributed by atoms with Crippen LogP contribution in [0.2, 0.25) is 0 Å². The number of fused-ring (bicyclic) bond motifs is 1. The van der Waals surface area contributed by atoms with E-state index >= 15 is 0 Å². The van der Waals surface area contributed by atoms with Crippen LogP contribution in [0.3, 0.4) is 0 Å². The van der Waals surface area contributed by atoms with Crippen molar-refractivity contribution in [1.82, 2.24) is 35.5 Å². The van der Waals surface area contributed by atoms with Crippen molar-refractivity contribution in [3.05, 3.63) is 65.1 Å². The summed E-state index contributed by atoms with van der Waals surface area (Å²) < 4.78 is 0.549. The molecule has 4 aromatic rings. The summed E-state index contributed by atoms with van der Waals surface area (Å²) in [6.07, 6.45) is 4.68. The van der Waals surface area contributed by atoms with Crippen LogP contribution in [0.25, 0.3) is 28.1 Å². The molecule has 10 nitrogen and oxygen atoms in total. The molecule has 0 spiro atoms. The zero-order valence-electron chi connectivity index (χ0n) is 19.1. The molecular weight excluding hydrogens is 496 g/mol. The number of anilines is 1. The number of nitrogens with zero attached hydrogens (tertiary/aromatic N) is 6. The SMILES string of the molecule is O=C1C(=Cc2cccc(-c3ccc4ncnc(NCCO)c4c3)c2)SC(=S)N1CCCc1nn[nH]n1. The van der Waals surface area contributed by atoms with Crippen LogP contribution in [0, 0.1) is 0 Å². The molecule has 5 rings (SSSR count). The zero-order chi connectivity index (χ0) is 24.9. The van der Waals surface area contributed by atoms with E-state index in [9.17, 15) is 4.79 Å². The maximum atomic E-state index is 13.0. The van der Waals surface area contributed by atoms with Gasteiger partial charge in [0.25, 0.3) is 5.91 Å². The lowest BCUT2D eigenvalue weighted by Crippen LogP contribution is -2.29. The first-order chi connectivity index (χ1) is 17.6. The lowest BCUT2D eigenvalue weighted by molar-refractivity contribution is -0.122. The zero-order valence-corrected chi connectivity index (χ0v) is 20.7. The second-order valence-electron chi connectivity index (χ2n) is 7.99. The number of thiocarbonyl (C=S) groups is 1. The van der Waals surface area contributed by atoms with Gasteiger partial charge < -0.3 is 10.4 Å². The molecule has 0 aliphatic carbocycles. The quantitative estimate of drug-likeness (QED) is 0.224. The Balaban J connectivity index is 1.34. The van der Waals surface area contributed by atoms with E-state index in [-0.39, 0.29) is 12.5 Å². The minimum absolute atomic E-state index is 0.0122. The van der Waals surface area contributed by atoms with E-state index < -0.39 is 0 Å². The number of rotatable bonds is 9. The van der Waals surface area contributed by atoms with Gasteiger partial charge in [0, 0.05) is 24.9 Å². The van der Waals surface area contributed by atoms with Gasteiger partial charge >= 0.3 is 0 Å². The van der Waals surface area contributed by atoms with Crippen LogP contribution in [0.5, 0.6) is 0 Å². The van der Waals surface area contributed by atoms with Crippen LogP contribution >= 0.6 is 24.0 Å². The Hall–Kier alpha value is -3.74.